The third kappa shape index (κ3) is 10.9. The van der Waals surface area contributed by atoms with E-state index in [1.807, 2.05) is 0 Å². The van der Waals surface area contributed by atoms with Crippen LogP contribution in [0.2, 0.25) is 0 Å². The molecule has 0 aliphatic rings. The van der Waals surface area contributed by atoms with Crippen LogP contribution in [0.4, 0.5) is 11.4 Å². The third-order valence-corrected chi connectivity index (χ3v) is 3.73. The number of nitro benzene ring substituents is 1. The SMILES string of the molecule is CN=C(NCCNc1ccccc1[N+](=O)[O-])NCCN(C)CCCOC.I. The van der Waals surface area contributed by atoms with E-state index in [0.717, 1.165) is 32.7 Å². The minimum Gasteiger partial charge on any atom is -0.385 e. The Morgan fingerprint density at radius 3 is 2.59 bits per heavy atom. The number of para-hydroxylation sites is 2. The van der Waals surface area contributed by atoms with Gasteiger partial charge in [-0.3, -0.25) is 15.1 Å². The van der Waals surface area contributed by atoms with Gasteiger partial charge in [-0.2, -0.15) is 0 Å². The first kappa shape index (κ1) is 25.3. The highest BCUT2D eigenvalue weighted by Crippen LogP contribution is 2.22. The number of guanidine groups is 1. The van der Waals surface area contributed by atoms with Crippen LogP contribution >= 0.6 is 24.0 Å². The highest BCUT2D eigenvalue weighted by molar-refractivity contribution is 14.0. The summed E-state index contributed by atoms with van der Waals surface area (Å²) in [6.45, 7) is 4.58. The second-order valence-corrected chi connectivity index (χ2v) is 5.78. The molecule has 0 aromatic heterocycles. The van der Waals surface area contributed by atoms with Crippen LogP contribution in [0.25, 0.3) is 0 Å². The van der Waals surface area contributed by atoms with Crippen molar-refractivity contribution >= 4 is 41.3 Å². The van der Waals surface area contributed by atoms with E-state index in [0.29, 0.717) is 24.7 Å². The summed E-state index contributed by atoms with van der Waals surface area (Å²) >= 11 is 0. The van der Waals surface area contributed by atoms with Gasteiger partial charge in [-0.05, 0) is 19.5 Å². The lowest BCUT2D eigenvalue weighted by Crippen LogP contribution is -2.42. The molecule has 0 unspecified atom stereocenters. The van der Waals surface area contributed by atoms with E-state index in [1.165, 1.54) is 6.07 Å². The molecule has 3 N–H and O–H groups in total. The fourth-order valence-electron chi connectivity index (χ4n) is 2.34. The van der Waals surface area contributed by atoms with Gasteiger partial charge in [0.15, 0.2) is 5.96 Å². The minimum atomic E-state index is -0.390. The van der Waals surface area contributed by atoms with Crippen LogP contribution in [-0.2, 0) is 4.74 Å². The van der Waals surface area contributed by atoms with Gasteiger partial charge in [0.1, 0.15) is 5.69 Å². The second-order valence-electron chi connectivity index (χ2n) is 5.78. The number of hydrogen-bond acceptors (Lipinski definition) is 6. The first-order valence-corrected chi connectivity index (χ1v) is 8.67. The maximum Gasteiger partial charge on any atom is 0.292 e. The van der Waals surface area contributed by atoms with Gasteiger partial charge in [0.05, 0.1) is 4.92 Å². The van der Waals surface area contributed by atoms with Crippen LogP contribution in [0, 0.1) is 10.1 Å². The summed E-state index contributed by atoms with van der Waals surface area (Å²) in [4.78, 5) is 17.0. The standard InChI is InChI=1S/C17H30N6O3.HI/c1-18-17(21-11-13-22(2)12-6-14-26-3)20-10-9-19-15-7-4-5-8-16(15)23(24)25;/h4-5,7-8,19H,6,9-14H2,1-3H3,(H2,18,20,21);1H. The number of nitrogens with one attached hydrogen (secondary N) is 3. The van der Waals surface area contributed by atoms with Crippen molar-refractivity contribution in [2.75, 3.05) is 65.9 Å². The Bertz CT molecular complexity index is 573. The first-order valence-electron chi connectivity index (χ1n) is 8.67. The second kappa shape index (κ2) is 15.4. The lowest BCUT2D eigenvalue weighted by Gasteiger charge is -2.18. The average molecular weight is 494 g/mol. The Morgan fingerprint density at radius 2 is 1.93 bits per heavy atom. The molecule has 9 nitrogen and oxygen atoms in total. The number of aliphatic imine (C=N–C) groups is 1. The predicted octanol–water partition coefficient (Wildman–Crippen LogP) is 1.76. The van der Waals surface area contributed by atoms with E-state index < -0.39 is 0 Å². The zero-order chi connectivity index (χ0) is 19.2. The molecule has 0 radical (unpaired) electrons. The number of halogens is 1. The Labute approximate surface area is 178 Å². The van der Waals surface area contributed by atoms with Gasteiger partial charge in [-0.1, -0.05) is 12.1 Å². The summed E-state index contributed by atoms with van der Waals surface area (Å²) in [6, 6.07) is 6.61. The number of hydrogen-bond donors (Lipinski definition) is 3. The number of anilines is 1. The molecule has 0 amide bonds. The van der Waals surface area contributed by atoms with Crippen LogP contribution in [0.15, 0.2) is 29.3 Å². The van der Waals surface area contributed by atoms with Crippen molar-refractivity contribution in [3.05, 3.63) is 34.4 Å². The van der Waals surface area contributed by atoms with E-state index in [-0.39, 0.29) is 34.6 Å². The molecule has 1 aromatic rings. The van der Waals surface area contributed by atoms with E-state index in [9.17, 15) is 10.1 Å². The summed E-state index contributed by atoms with van der Waals surface area (Å²) in [6.07, 6.45) is 1.01. The van der Waals surface area contributed by atoms with Gasteiger partial charge in [0.25, 0.3) is 5.69 Å². The maximum absolute atomic E-state index is 11.0. The van der Waals surface area contributed by atoms with Crippen molar-refractivity contribution in [3.63, 3.8) is 0 Å². The summed E-state index contributed by atoms with van der Waals surface area (Å²) in [5, 5.41) is 20.5. The predicted molar refractivity (Wildman–Crippen MR) is 120 cm³/mol. The fourth-order valence-corrected chi connectivity index (χ4v) is 2.34. The summed E-state index contributed by atoms with van der Waals surface area (Å²) in [5.41, 5.74) is 0.589. The van der Waals surface area contributed by atoms with Crippen molar-refractivity contribution in [2.45, 2.75) is 6.42 Å². The Morgan fingerprint density at radius 1 is 1.22 bits per heavy atom. The molecule has 10 heteroatoms. The Balaban J connectivity index is 0.00000676. The van der Waals surface area contributed by atoms with Crippen LogP contribution in [0.1, 0.15) is 6.42 Å². The van der Waals surface area contributed by atoms with E-state index in [2.05, 4.69) is 32.9 Å². The molecule has 0 bridgehead atoms. The number of rotatable bonds is 12. The summed E-state index contributed by atoms with van der Waals surface area (Å²) in [7, 11) is 5.50. The molecule has 0 saturated heterocycles. The highest BCUT2D eigenvalue weighted by atomic mass is 127. The van der Waals surface area contributed by atoms with E-state index in [4.69, 9.17) is 4.74 Å². The maximum atomic E-state index is 11.0. The zero-order valence-electron chi connectivity index (χ0n) is 16.2. The van der Waals surface area contributed by atoms with E-state index >= 15 is 0 Å². The summed E-state index contributed by atoms with van der Waals surface area (Å²) in [5.74, 6) is 0.708. The molecular weight excluding hydrogens is 463 g/mol. The molecule has 0 atom stereocenters. The molecule has 1 aromatic carbocycles. The highest BCUT2D eigenvalue weighted by Gasteiger charge is 2.11. The third-order valence-electron chi connectivity index (χ3n) is 3.73. The molecule has 0 aliphatic carbocycles. The quantitative estimate of drug-likeness (QED) is 0.102. The normalized spacial score (nSPS) is 11.0. The largest absolute Gasteiger partial charge is 0.385 e. The molecule has 0 spiro atoms. The minimum absolute atomic E-state index is 0. The van der Waals surface area contributed by atoms with Gasteiger partial charge in [0, 0.05) is 59.6 Å². The Kier molecular flexibility index (Phi) is 14.5. The number of methoxy groups -OCH3 is 1. The molecule has 27 heavy (non-hydrogen) atoms. The molecular formula is C17H31IN6O3. The topological polar surface area (TPSA) is 104 Å². The van der Waals surface area contributed by atoms with Crippen LogP contribution in [-0.4, -0.2) is 76.3 Å². The molecule has 0 heterocycles. The van der Waals surface area contributed by atoms with Gasteiger partial charge < -0.3 is 25.6 Å². The van der Waals surface area contributed by atoms with Crippen molar-refractivity contribution in [1.29, 1.82) is 0 Å². The Hall–Kier alpha value is -1.66. The van der Waals surface area contributed by atoms with Crippen molar-refractivity contribution in [2.24, 2.45) is 4.99 Å². The van der Waals surface area contributed by atoms with E-state index in [1.54, 1.807) is 32.4 Å². The van der Waals surface area contributed by atoms with Gasteiger partial charge in [0.2, 0.25) is 0 Å². The average Bonchev–Trinajstić information content (AvgIpc) is 2.64. The summed E-state index contributed by atoms with van der Waals surface area (Å²) < 4.78 is 5.04. The monoisotopic (exact) mass is 494 g/mol. The van der Waals surface area contributed by atoms with Crippen LogP contribution < -0.4 is 16.0 Å². The molecule has 0 aliphatic heterocycles. The van der Waals surface area contributed by atoms with Gasteiger partial charge >= 0.3 is 0 Å². The number of benzene rings is 1. The van der Waals surface area contributed by atoms with Crippen molar-refractivity contribution in [3.8, 4) is 0 Å². The number of nitrogens with zero attached hydrogens (tertiary/aromatic N) is 3. The fraction of sp³-hybridized carbons (Fsp3) is 0.588. The lowest BCUT2D eigenvalue weighted by atomic mass is 10.2. The first-order chi connectivity index (χ1) is 12.6. The lowest BCUT2D eigenvalue weighted by molar-refractivity contribution is -0.384. The van der Waals surface area contributed by atoms with Crippen LogP contribution in [0.3, 0.4) is 0 Å². The number of nitro groups is 1. The smallest absolute Gasteiger partial charge is 0.292 e. The molecule has 0 saturated carbocycles. The zero-order valence-corrected chi connectivity index (χ0v) is 18.6. The van der Waals surface area contributed by atoms with Crippen LogP contribution in [0.5, 0.6) is 0 Å². The van der Waals surface area contributed by atoms with Gasteiger partial charge in [-0.15, -0.1) is 24.0 Å². The number of likely N-dealkylation sites (N-methyl/N-ethyl adjacent to an activating group) is 1. The van der Waals surface area contributed by atoms with Crippen molar-refractivity contribution < 1.29 is 9.66 Å². The molecule has 0 fully saturated rings. The van der Waals surface area contributed by atoms with Gasteiger partial charge in [-0.25, -0.2) is 0 Å². The van der Waals surface area contributed by atoms with Crippen molar-refractivity contribution in [1.82, 2.24) is 15.5 Å². The molecule has 154 valence electrons. The number of ether oxygens (including phenoxy) is 1. The molecule has 1 rings (SSSR count).